The minimum absolute atomic E-state index is 0. The quantitative estimate of drug-likeness (QED) is 0.319. The first kappa shape index (κ1) is 29.3. The molecule has 0 bridgehead atoms. The van der Waals surface area contributed by atoms with Gasteiger partial charge in [-0.3, -0.25) is 0 Å². The molecule has 0 radical (unpaired) electrons. The first-order valence-electron chi connectivity index (χ1n) is 1.82. The van der Waals surface area contributed by atoms with Gasteiger partial charge in [0, 0.05) is 11.9 Å². The molecule has 0 saturated heterocycles. The normalized spacial score (nSPS) is 4.55. The Bertz CT molecular complexity index is 78.1. The average Bonchev–Trinajstić information content (AvgIpc) is 1.25. The van der Waals surface area contributed by atoms with Gasteiger partial charge in [0.05, 0.1) is 0 Å². The van der Waals surface area contributed by atoms with E-state index in [0.717, 1.165) is 13.8 Å². The summed E-state index contributed by atoms with van der Waals surface area (Å²) in [6.07, 6.45) is 0. The Morgan fingerprint density at radius 2 is 1.00 bits per heavy atom. The fourth-order valence-electron chi connectivity index (χ4n) is 0. The molecule has 0 aliphatic heterocycles. The van der Waals surface area contributed by atoms with Crippen molar-refractivity contribution in [1.82, 2.24) is 0 Å². The Balaban J connectivity index is -0.0000000171. The number of rotatable bonds is 0. The molecule has 0 amide bonds. The van der Waals surface area contributed by atoms with Gasteiger partial charge in [-0.05, 0) is 13.8 Å². The summed E-state index contributed by atoms with van der Waals surface area (Å²) in [4.78, 5) is 17.8. The number of carbonyl (C=O) groups is 2. The van der Waals surface area contributed by atoms with Crippen LogP contribution in [-0.2, 0) is 9.59 Å². The van der Waals surface area contributed by atoms with Crippen molar-refractivity contribution >= 4 is 97.3 Å². The Morgan fingerprint density at radius 3 is 1.00 bits per heavy atom. The standard InChI is InChI=1S/2C2H4O2.2Ca.H3P.2H/c2*1-2(3)4;;;;;/h2*1H3,(H,3,4);;;1H3;;/q;;;+2;;;/p-2. The second-order valence-electron chi connectivity index (χ2n) is 0.983. The molecule has 0 aliphatic carbocycles. The summed E-state index contributed by atoms with van der Waals surface area (Å²) in [7, 11) is 0. The van der Waals surface area contributed by atoms with E-state index < -0.39 is 11.9 Å². The second kappa shape index (κ2) is 22.7. The molecule has 0 aromatic carbocycles. The zero-order valence-electron chi connectivity index (χ0n) is 6.05. The average molecular weight is 234 g/mol. The summed E-state index contributed by atoms with van der Waals surface area (Å²) < 4.78 is 0. The van der Waals surface area contributed by atoms with E-state index in [1.54, 1.807) is 0 Å². The Labute approximate surface area is 129 Å². The van der Waals surface area contributed by atoms with Crippen LogP contribution in [-0.4, -0.2) is 87.4 Å². The molecule has 0 rings (SSSR count). The van der Waals surface area contributed by atoms with E-state index >= 15 is 0 Å². The molecule has 0 aliphatic rings. The summed E-state index contributed by atoms with van der Waals surface area (Å²) >= 11 is 0. The van der Waals surface area contributed by atoms with Crippen LogP contribution in [0.4, 0.5) is 0 Å². The fourth-order valence-corrected chi connectivity index (χ4v) is 0. The van der Waals surface area contributed by atoms with Crippen LogP contribution in [0, 0.1) is 0 Å². The molecule has 0 aromatic heterocycles. The first-order chi connectivity index (χ1) is 3.46. The zero-order chi connectivity index (χ0) is 7.15. The maximum atomic E-state index is 8.89. The van der Waals surface area contributed by atoms with Gasteiger partial charge >= 0.3 is 75.5 Å². The van der Waals surface area contributed by atoms with Gasteiger partial charge in [-0.15, -0.1) is 0 Å². The number of aliphatic carboxylic acids is 2. The van der Waals surface area contributed by atoms with Gasteiger partial charge in [-0.1, -0.05) is 0 Å². The van der Waals surface area contributed by atoms with Crippen LogP contribution in [0.1, 0.15) is 13.8 Å². The molecule has 11 heavy (non-hydrogen) atoms. The zero-order valence-corrected chi connectivity index (χ0v) is 9.67. The third kappa shape index (κ3) is 326. The summed E-state index contributed by atoms with van der Waals surface area (Å²) in [6, 6.07) is 0. The summed E-state index contributed by atoms with van der Waals surface area (Å²) in [5.41, 5.74) is 0. The summed E-state index contributed by atoms with van der Waals surface area (Å²) in [5, 5.41) is 17.8. The second-order valence-corrected chi connectivity index (χ2v) is 0.983. The van der Waals surface area contributed by atoms with E-state index in [2.05, 4.69) is 0 Å². The van der Waals surface area contributed by atoms with Crippen LogP contribution >= 0.6 is 9.90 Å². The molecule has 0 spiro atoms. The molecular formula is C4H11Ca2O4P. The molecule has 7 heteroatoms. The molecule has 4 nitrogen and oxygen atoms in total. The molecule has 1 atom stereocenters. The van der Waals surface area contributed by atoms with Crippen molar-refractivity contribution in [1.29, 1.82) is 0 Å². The van der Waals surface area contributed by atoms with E-state index in [1.807, 2.05) is 0 Å². The number of hydrogen-bond acceptors (Lipinski definition) is 4. The van der Waals surface area contributed by atoms with E-state index in [-0.39, 0.29) is 85.4 Å². The molecule has 0 saturated carbocycles. The van der Waals surface area contributed by atoms with Crippen molar-refractivity contribution in [3.05, 3.63) is 0 Å². The van der Waals surface area contributed by atoms with Crippen molar-refractivity contribution < 1.29 is 19.8 Å². The first-order valence-corrected chi connectivity index (χ1v) is 1.82. The Morgan fingerprint density at radius 1 is 1.00 bits per heavy atom. The number of carbonyl (C=O) groups excluding carboxylic acids is 2. The van der Waals surface area contributed by atoms with Gasteiger partial charge in [-0.2, -0.15) is 9.90 Å². The molecular weight excluding hydrogens is 223 g/mol. The predicted octanol–water partition coefficient (Wildman–Crippen LogP) is -3.73. The summed E-state index contributed by atoms with van der Waals surface area (Å²) in [6.45, 7) is 1.94. The Kier molecular flexibility index (Phi) is 60.3. The van der Waals surface area contributed by atoms with Crippen molar-refractivity contribution in [2.45, 2.75) is 13.8 Å². The van der Waals surface area contributed by atoms with E-state index in [4.69, 9.17) is 19.8 Å². The van der Waals surface area contributed by atoms with E-state index in [1.165, 1.54) is 0 Å². The third-order valence-electron chi connectivity index (χ3n) is 0. The molecule has 0 N–H and O–H groups in total. The monoisotopic (exact) mass is 234 g/mol. The number of hydrogen-bond donors (Lipinski definition) is 0. The van der Waals surface area contributed by atoms with Crippen LogP contribution in [0.5, 0.6) is 0 Å². The molecule has 1 unspecified atom stereocenters. The van der Waals surface area contributed by atoms with Gasteiger partial charge in [0.1, 0.15) is 0 Å². The van der Waals surface area contributed by atoms with Gasteiger partial charge in [-0.25, -0.2) is 0 Å². The van der Waals surface area contributed by atoms with Gasteiger partial charge in [0.25, 0.3) is 0 Å². The van der Waals surface area contributed by atoms with E-state index in [0.29, 0.717) is 0 Å². The fraction of sp³-hybridized carbons (Fsp3) is 0.500. The van der Waals surface area contributed by atoms with Crippen molar-refractivity contribution in [3.63, 3.8) is 0 Å². The molecule has 0 heterocycles. The van der Waals surface area contributed by atoms with Crippen molar-refractivity contribution in [2.24, 2.45) is 0 Å². The van der Waals surface area contributed by atoms with Crippen LogP contribution < -0.4 is 10.2 Å². The molecule has 0 fully saturated rings. The van der Waals surface area contributed by atoms with E-state index in [9.17, 15) is 0 Å². The van der Waals surface area contributed by atoms with Crippen molar-refractivity contribution in [2.75, 3.05) is 0 Å². The number of carboxylic acid groups (broad SMARTS) is 2. The van der Waals surface area contributed by atoms with Gasteiger partial charge < -0.3 is 19.8 Å². The van der Waals surface area contributed by atoms with Gasteiger partial charge in [0.2, 0.25) is 0 Å². The van der Waals surface area contributed by atoms with Crippen LogP contribution in [0.3, 0.4) is 0 Å². The topological polar surface area (TPSA) is 80.3 Å². The summed E-state index contributed by atoms with van der Waals surface area (Å²) in [5.74, 6) is -2.17. The molecule has 60 valence electrons. The third-order valence-corrected chi connectivity index (χ3v) is 0. The minimum atomic E-state index is -1.08. The SMILES string of the molecule is CC(=O)[O-].CC(=O)[O-].P.[Ca+2].[CaH2]. The van der Waals surface area contributed by atoms with Crippen molar-refractivity contribution in [3.8, 4) is 0 Å². The van der Waals surface area contributed by atoms with Crippen LogP contribution in [0.2, 0.25) is 0 Å². The maximum absolute atomic E-state index is 8.89. The Hall–Kier alpha value is 1.89. The number of carboxylic acids is 2. The van der Waals surface area contributed by atoms with Crippen LogP contribution in [0.15, 0.2) is 0 Å². The van der Waals surface area contributed by atoms with Gasteiger partial charge in [0.15, 0.2) is 0 Å². The predicted molar refractivity (Wildman–Crippen MR) is 46.8 cm³/mol. The van der Waals surface area contributed by atoms with Crippen LogP contribution in [0.25, 0.3) is 0 Å². The molecule has 0 aromatic rings.